The van der Waals surface area contributed by atoms with E-state index in [0.29, 0.717) is 22.7 Å². The van der Waals surface area contributed by atoms with Gasteiger partial charge in [-0.1, -0.05) is 32.6 Å². The highest BCUT2D eigenvalue weighted by atomic mass is 32.2. The van der Waals surface area contributed by atoms with E-state index in [1.807, 2.05) is 11.8 Å². The lowest BCUT2D eigenvalue weighted by molar-refractivity contribution is -0.131. The lowest BCUT2D eigenvalue weighted by atomic mass is 10.0. The predicted octanol–water partition coefficient (Wildman–Crippen LogP) is 3.39. The number of rotatable bonds is 5. The van der Waals surface area contributed by atoms with Gasteiger partial charge in [-0.2, -0.15) is 11.8 Å². The third kappa shape index (κ3) is 2.98. The van der Waals surface area contributed by atoms with Gasteiger partial charge in [0.2, 0.25) is 5.91 Å². The first kappa shape index (κ1) is 15.7. The van der Waals surface area contributed by atoms with E-state index in [4.69, 9.17) is 0 Å². The minimum Gasteiger partial charge on any atom is -0.324 e. The fraction of sp³-hybridized carbons (Fsp3) is 0.941. The second kappa shape index (κ2) is 6.49. The van der Waals surface area contributed by atoms with Crippen molar-refractivity contribution in [2.45, 2.75) is 81.7 Å². The van der Waals surface area contributed by atoms with Gasteiger partial charge in [0.05, 0.1) is 12.2 Å². The normalized spacial score (nSPS) is 33.2. The molecule has 2 unspecified atom stereocenters. The van der Waals surface area contributed by atoms with E-state index in [2.05, 4.69) is 23.4 Å². The van der Waals surface area contributed by atoms with Crippen LogP contribution in [0.25, 0.3) is 0 Å². The van der Waals surface area contributed by atoms with Crippen molar-refractivity contribution in [3.8, 4) is 0 Å². The summed E-state index contributed by atoms with van der Waals surface area (Å²) in [5.74, 6) is 1.06. The fourth-order valence-corrected chi connectivity index (χ4v) is 5.56. The van der Waals surface area contributed by atoms with Crippen LogP contribution in [0.5, 0.6) is 0 Å². The Bertz CT molecular complexity index is 375. The monoisotopic (exact) mass is 310 g/mol. The van der Waals surface area contributed by atoms with Crippen LogP contribution in [0.4, 0.5) is 0 Å². The standard InChI is InChI=1S/C17H30N2OS/c1-3-14-16(20)19(12-17(21-2)10-6-7-11-17)15(18-14)13-8-4-5-9-13/h13-15,18H,3-12H2,1-2H3. The Morgan fingerprint density at radius 2 is 1.90 bits per heavy atom. The number of hydrogen-bond acceptors (Lipinski definition) is 3. The van der Waals surface area contributed by atoms with E-state index < -0.39 is 0 Å². The number of carbonyl (C=O) groups excluding carboxylic acids is 1. The van der Waals surface area contributed by atoms with Gasteiger partial charge in [0.1, 0.15) is 0 Å². The third-order valence-corrected chi connectivity index (χ3v) is 7.35. The van der Waals surface area contributed by atoms with Crippen LogP contribution in [0.3, 0.4) is 0 Å². The fourth-order valence-electron chi connectivity index (χ4n) is 4.59. The minimum absolute atomic E-state index is 0.0657. The summed E-state index contributed by atoms with van der Waals surface area (Å²) >= 11 is 2.00. The average molecular weight is 311 g/mol. The van der Waals surface area contributed by atoms with Gasteiger partial charge < -0.3 is 4.90 Å². The van der Waals surface area contributed by atoms with Crippen LogP contribution in [0.2, 0.25) is 0 Å². The van der Waals surface area contributed by atoms with Crippen molar-refractivity contribution in [3.63, 3.8) is 0 Å². The predicted molar refractivity (Wildman–Crippen MR) is 89.4 cm³/mol. The SMILES string of the molecule is CCC1NC(C2CCCC2)N(CC2(SC)CCCC2)C1=O. The first-order valence-corrected chi connectivity index (χ1v) is 10.0. The molecular formula is C17H30N2OS. The Balaban J connectivity index is 1.76. The van der Waals surface area contributed by atoms with Gasteiger partial charge in [0.25, 0.3) is 0 Å². The van der Waals surface area contributed by atoms with Crippen LogP contribution in [-0.2, 0) is 4.79 Å². The Morgan fingerprint density at radius 1 is 1.24 bits per heavy atom. The van der Waals surface area contributed by atoms with Gasteiger partial charge in [-0.3, -0.25) is 10.1 Å². The molecule has 3 aliphatic rings. The maximum Gasteiger partial charge on any atom is 0.241 e. The summed E-state index contributed by atoms with van der Waals surface area (Å²) in [7, 11) is 0. The van der Waals surface area contributed by atoms with Crippen molar-refractivity contribution < 1.29 is 4.79 Å². The number of nitrogens with zero attached hydrogens (tertiary/aromatic N) is 1. The summed E-state index contributed by atoms with van der Waals surface area (Å²) < 4.78 is 0.330. The van der Waals surface area contributed by atoms with E-state index in [-0.39, 0.29) is 6.04 Å². The molecule has 0 aromatic carbocycles. The lowest BCUT2D eigenvalue weighted by Gasteiger charge is -2.37. The highest BCUT2D eigenvalue weighted by molar-refractivity contribution is 8.00. The molecule has 0 bridgehead atoms. The summed E-state index contributed by atoms with van der Waals surface area (Å²) in [5.41, 5.74) is 0. The Hall–Kier alpha value is -0.220. The quantitative estimate of drug-likeness (QED) is 0.845. The topological polar surface area (TPSA) is 32.3 Å². The molecule has 1 heterocycles. The smallest absolute Gasteiger partial charge is 0.241 e. The minimum atomic E-state index is 0.0657. The van der Waals surface area contributed by atoms with E-state index in [1.54, 1.807) is 0 Å². The van der Waals surface area contributed by atoms with Crippen LogP contribution >= 0.6 is 11.8 Å². The van der Waals surface area contributed by atoms with Crippen LogP contribution in [0, 0.1) is 5.92 Å². The second-order valence-corrected chi connectivity index (χ2v) is 8.45. The van der Waals surface area contributed by atoms with E-state index in [9.17, 15) is 4.79 Å². The van der Waals surface area contributed by atoms with E-state index in [1.165, 1.54) is 51.4 Å². The maximum absolute atomic E-state index is 12.8. The molecule has 1 amide bonds. The van der Waals surface area contributed by atoms with Crippen molar-refractivity contribution in [2.24, 2.45) is 5.92 Å². The van der Waals surface area contributed by atoms with Crippen molar-refractivity contribution in [1.29, 1.82) is 0 Å². The lowest BCUT2D eigenvalue weighted by Crippen LogP contribution is -2.48. The number of amides is 1. The summed E-state index contributed by atoms with van der Waals surface area (Å²) in [4.78, 5) is 15.0. The number of nitrogens with one attached hydrogen (secondary N) is 1. The molecule has 0 aromatic heterocycles. The summed E-state index contributed by atoms with van der Waals surface area (Å²) in [6.07, 6.45) is 14.0. The van der Waals surface area contributed by atoms with E-state index in [0.717, 1.165) is 13.0 Å². The van der Waals surface area contributed by atoms with Gasteiger partial charge in [-0.15, -0.1) is 0 Å². The molecule has 21 heavy (non-hydrogen) atoms. The molecule has 4 heteroatoms. The average Bonchev–Trinajstić information content (AvgIpc) is 3.22. The van der Waals surface area contributed by atoms with Crippen LogP contribution < -0.4 is 5.32 Å². The zero-order valence-corrected chi connectivity index (χ0v) is 14.4. The summed E-state index contributed by atoms with van der Waals surface area (Å²) in [6.45, 7) is 3.10. The van der Waals surface area contributed by atoms with Crippen molar-refractivity contribution in [1.82, 2.24) is 10.2 Å². The highest BCUT2D eigenvalue weighted by Crippen LogP contribution is 2.43. The largest absolute Gasteiger partial charge is 0.324 e. The number of thioether (sulfide) groups is 1. The molecule has 2 aliphatic carbocycles. The molecule has 1 saturated heterocycles. The number of carbonyl (C=O) groups is 1. The maximum atomic E-state index is 12.8. The Kier molecular flexibility index (Phi) is 4.84. The molecule has 2 saturated carbocycles. The molecular weight excluding hydrogens is 280 g/mol. The van der Waals surface area contributed by atoms with Gasteiger partial charge in [-0.05, 0) is 44.3 Å². The molecule has 120 valence electrons. The summed E-state index contributed by atoms with van der Waals surface area (Å²) in [5, 5.41) is 3.66. The zero-order valence-electron chi connectivity index (χ0n) is 13.6. The van der Waals surface area contributed by atoms with Crippen LogP contribution in [-0.4, -0.2) is 40.6 Å². The van der Waals surface area contributed by atoms with Gasteiger partial charge in [0.15, 0.2) is 0 Å². The molecule has 0 aromatic rings. The zero-order chi connectivity index (χ0) is 14.9. The number of hydrogen-bond donors (Lipinski definition) is 1. The Labute approximate surface area is 133 Å². The Morgan fingerprint density at radius 3 is 2.48 bits per heavy atom. The van der Waals surface area contributed by atoms with E-state index >= 15 is 0 Å². The molecule has 3 fully saturated rings. The van der Waals surface area contributed by atoms with Crippen molar-refractivity contribution in [3.05, 3.63) is 0 Å². The first-order valence-electron chi connectivity index (χ1n) is 8.81. The second-order valence-electron chi connectivity index (χ2n) is 7.18. The van der Waals surface area contributed by atoms with Crippen LogP contribution in [0.15, 0.2) is 0 Å². The molecule has 0 radical (unpaired) electrons. The van der Waals surface area contributed by atoms with Gasteiger partial charge >= 0.3 is 0 Å². The molecule has 3 nitrogen and oxygen atoms in total. The third-order valence-electron chi connectivity index (χ3n) is 5.95. The van der Waals surface area contributed by atoms with Gasteiger partial charge in [0, 0.05) is 11.3 Å². The van der Waals surface area contributed by atoms with Crippen molar-refractivity contribution in [2.75, 3.05) is 12.8 Å². The molecule has 1 aliphatic heterocycles. The molecule has 2 atom stereocenters. The highest BCUT2D eigenvalue weighted by Gasteiger charge is 2.46. The first-order chi connectivity index (χ1) is 10.2. The van der Waals surface area contributed by atoms with Crippen molar-refractivity contribution >= 4 is 17.7 Å². The molecule has 3 rings (SSSR count). The molecule has 1 N–H and O–H groups in total. The van der Waals surface area contributed by atoms with Crippen LogP contribution in [0.1, 0.15) is 64.7 Å². The van der Waals surface area contributed by atoms with Gasteiger partial charge in [-0.25, -0.2) is 0 Å². The summed E-state index contributed by atoms with van der Waals surface area (Å²) in [6, 6.07) is 0.0657. The molecule has 0 spiro atoms.